The number of nitrogens with zero attached hydrogens (tertiary/aromatic N) is 7. The highest BCUT2D eigenvalue weighted by Gasteiger charge is 1.96. The van der Waals surface area contributed by atoms with Crippen molar-refractivity contribution in [2.24, 2.45) is 0 Å². The molecule has 7 aromatic heterocycles. The number of aromatic nitrogens is 7. The second-order valence-electron chi connectivity index (χ2n) is 14.8. The second kappa shape index (κ2) is 27.6. The van der Waals surface area contributed by atoms with E-state index >= 15 is 0 Å². The molecule has 7 aromatic rings. The zero-order valence-corrected chi connectivity index (χ0v) is 38.7. The smallest absolute Gasteiger partial charge is 0.215 e. The molecule has 0 bridgehead atoms. The summed E-state index contributed by atoms with van der Waals surface area (Å²) >= 11 is 0. The average Bonchev–Trinajstić information content (AvgIpc) is 3.20. The van der Waals surface area contributed by atoms with Crippen molar-refractivity contribution < 1.29 is 8.78 Å². The van der Waals surface area contributed by atoms with Gasteiger partial charge >= 0.3 is 0 Å². The molecule has 318 valence electrons. The van der Waals surface area contributed by atoms with Crippen LogP contribution >= 0.6 is 0 Å². The number of halogens is 2. The summed E-state index contributed by atoms with van der Waals surface area (Å²) in [6, 6.07) is 27.5. The Morgan fingerprint density at radius 1 is 0.267 bits per heavy atom. The van der Waals surface area contributed by atoms with Gasteiger partial charge in [0.2, 0.25) is 11.9 Å². The van der Waals surface area contributed by atoms with Crippen LogP contribution in [0.25, 0.3) is 0 Å². The average molecular weight is 814 g/mol. The monoisotopic (exact) mass is 814 g/mol. The Kier molecular flexibility index (Phi) is 23.9. The van der Waals surface area contributed by atoms with Gasteiger partial charge < -0.3 is 0 Å². The van der Waals surface area contributed by atoms with Gasteiger partial charge in [0.05, 0.1) is 0 Å². The number of hydrogen-bond donors (Lipinski definition) is 0. The lowest BCUT2D eigenvalue weighted by Gasteiger charge is -1.97. The summed E-state index contributed by atoms with van der Waals surface area (Å²) in [5.74, 6) is -0.731. The molecule has 0 aliphatic rings. The summed E-state index contributed by atoms with van der Waals surface area (Å²) in [4.78, 5) is 28.0. The van der Waals surface area contributed by atoms with Gasteiger partial charge in [-0.1, -0.05) is 42.5 Å². The lowest BCUT2D eigenvalue weighted by atomic mass is 10.2. The van der Waals surface area contributed by atoms with Gasteiger partial charge in [-0.25, -0.2) is 9.97 Å². The van der Waals surface area contributed by atoms with Crippen molar-refractivity contribution in [2.45, 2.75) is 111 Å². The molecule has 0 aliphatic heterocycles. The minimum Gasteiger partial charge on any atom is -0.261 e. The van der Waals surface area contributed by atoms with Gasteiger partial charge in [-0.05, 0) is 181 Å². The topological polar surface area (TPSA) is 90.2 Å². The molecule has 0 aliphatic carbocycles. The molecule has 7 heterocycles. The Morgan fingerprint density at radius 2 is 0.500 bits per heavy atom. The van der Waals surface area contributed by atoms with Crippen LogP contribution in [0.1, 0.15) is 90.2 Å². The number of aryl methyl sites for hydroxylation is 16. The summed E-state index contributed by atoms with van der Waals surface area (Å²) in [5.41, 5.74) is 16.5. The Bertz CT molecular complexity index is 1930. The molecule has 0 saturated heterocycles. The summed E-state index contributed by atoms with van der Waals surface area (Å²) in [7, 11) is 0. The van der Waals surface area contributed by atoms with Crippen molar-refractivity contribution >= 4 is 0 Å². The van der Waals surface area contributed by atoms with Crippen LogP contribution in [0.15, 0.2) is 104 Å². The molecule has 0 amide bonds. The zero-order chi connectivity index (χ0) is 45.4. The predicted molar refractivity (Wildman–Crippen MR) is 245 cm³/mol. The molecule has 0 fully saturated rings. The quantitative estimate of drug-likeness (QED) is 0.141. The molecular weight excluding hydrogens is 749 g/mol. The minimum absolute atomic E-state index is 0.366. The zero-order valence-electron chi connectivity index (χ0n) is 38.7. The van der Waals surface area contributed by atoms with Gasteiger partial charge in [0.1, 0.15) is 0 Å². The van der Waals surface area contributed by atoms with Gasteiger partial charge in [0.25, 0.3) is 0 Å². The van der Waals surface area contributed by atoms with Crippen LogP contribution < -0.4 is 0 Å². The fraction of sp³-hybridized carbons (Fsp3) is 0.314. The van der Waals surface area contributed by atoms with Crippen LogP contribution in [0, 0.1) is 123 Å². The Balaban J connectivity index is 0.000000350. The number of rotatable bonds is 0. The summed E-state index contributed by atoms with van der Waals surface area (Å²) in [6.45, 7) is 31.2. The van der Waals surface area contributed by atoms with Gasteiger partial charge in [-0.3, -0.25) is 24.9 Å². The van der Waals surface area contributed by atoms with Crippen molar-refractivity contribution in [3.63, 3.8) is 0 Å². The fourth-order valence-corrected chi connectivity index (χ4v) is 4.33. The Hall–Kier alpha value is -6.09. The standard InChI is InChI=1S/2C8H11N.2C7H8FN.3C7H9N/c2*1-6-4-5-7(2)9-8(6)3;2*1-5-3-4-6(2)9-7(5)8;3*1-6-3-4-7(2)8-5-6/h2*4-5H,1-3H3;2*3-4H,1-2H3;3*3-5H,1-2H3. The first-order valence-corrected chi connectivity index (χ1v) is 19.9. The van der Waals surface area contributed by atoms with E-state index in [1.165, 1.54) is 27.8 Å². The maximum Gasteiger partial charge on any atom is 0.215 e. The molecule has 0 N–H and O–H groups in total. The van der Waals surface area contributed by atoms with E-state index in [1.54, 1.807) is 52.0 Å². The number of hydrogen-bond acceptors (Lipinski definition) is 7. The molecule has 0 aromatic carbocycles. The highest BCUT2D eigenvalue weighted by atomic mass is 19.1. The summed E-state index contributed by atoms with van der Waals surface area (Å²) < 4.78 is 24.9. The first kappa shape index (κ1) is 51.9. The SMILES string of the molecule is Cc1ccc(C)c(C)n1.Cc1ccc(C)c(C)n1.Cc1ccc(C)c(F)n1.Cc1ccc(C)c(F)n1.Cc1ccc(C)nc1.Cc1ccc(C)nc1.Cc1ccc(C)nc1. The van der Waals surface area contributed by atoms with E-state index in [0.717, 1.165) is 51.2 Å². The van der Waals surface area contributed by atoms with Crippen molar-refractivity contribution in [3.8, 4) is 0 Å². The Labute approximate surface area is 359 Å². The first-order chi connectivity index (χ1) is 28.2. The third-order valence-corrected chi connectivity index (χ3v) is 8.51. The highest BCUT2D eigenvalue weighted by molar-refractivity contribution is 5.20. The van der Waals surface area contributed by atoms with Crippen molar-refractivity contribution in [1.29, 1.82) is 0 Å². The third kappa shape index (κ3) is 23.3. The largest absolute Gasteiger partial charge is 0.261 e. The molecule has 0 radical (unpaired) electrons. The maximum atomic E-state index is 12.5. The molecule has 0 atom stereocenters. The van der Waals surface area contributed by atoms with Crippen molar-refractivity contribution in [2.75, 3.05) is 0 Å². The van der Waals surface area contributed by atoms with E-state index < -0.39 is 0 Å². The lowest BCUT2D eigenvalue weighted by Crippen LogP contribution is -1.88. The molecule has 60 heavy (non-hydrogen) atoms. The van der Waals surface area contributed by atoms with Gasteiger partial charge in [-0.15, -0.1) is 0 Å². The van der Waals surface area contributed by atoms with E-state index in [2.05, 4.69) is 79.1 Å². The van der Waals surface area contributed by atoms with Crippen LogP contribution in [0.5, 0.6) is 0 Å². The molecular formula is C51H65F2N7. The van der Waals surface area contributed by atoms with Gasteiger partial charge in [-0.2, -0.15) is 8.78 Å². The summed E-state index contributed by atoms with van der Waals surface area (Å²) in [5, 5.41) is 0. The molecule has 0 spiro atoms. The van der Waals surface area contributed by atoms with Crippen molar-refractivity contribution in [1.82, 2.24) is 34.9 Å². The third-order valence-electron chi connectivity index (χ3n) is 8.51. The number of pyridine rings is 7. The molecule has 0 saturated carbocycles. The fourth-order valence-electron chi connectivity index (χ4n) is 4.33. The van der Waals surface area contributed by atoms with Crippen LogP contribution in [0.2, 0.25) is 0 Å². The normalized spacial score (nSPS) is 9.50. The van der Waals surface area contributed by atoms with E-state index in [-0.39, 0.29) is 11.9 Å². The molecule has 9 heteroatoms. The first-order valence-electron chi connectivity index (χ1n) is 19.9. The van der Waals surface area contributed by atoms with E-state index in [0.29, 0.717) is 11.1 Å². The predicted octanol–water partition coefficient (Wildman–Crippen LogP) is 12.8. The van der Waals surface area contributed by atoms with E-state index in [4.69, 9.17) is 0 Å². The van der Waals surface area contributed by atoms with Crippen LogP contribution in [-0.2, 0) is 0 Å². The van der Waals surface area contributed by atoms with Crippen LogP contribution in [0.4, 0.5) is 8.78 Å². The molecule has 0 unspecified atom stereocenters. The van der Waals surface area contributed by atoms with Crippen LogP contribution in [-0.4, -0.2) is 34.9 Å². The molecule has 7 nitrogen and oxygen atoms in total. The van der Waals surface area contributed by atoms with Gasteiger partial charge in [0.15, 0.2) is 0 Å². The van der Waals surface area contributed by atoms with Gasteiger partial charge in [0, 0.05) is 81.0 Å². The maximum absolute atomic E-state index is 12.5. The van der Waals surface area contributed by atoms with E-state index in [1.807, 2.05) is 118 Å². The lowest BCUT2D eigenvalue weighted by molar-refractivity contribution is 0.570. The van der Waals surface area contributed by atoms with Crippen molar-refractivity contribution in [3.05, 3.63) is 206 Å². The van der Waals surface area contributed by atoms with Crippen LogP contribution in [0.3, 0.4) is 0 Å². The highest BCUT2D eigenvalue weighted by Crippen LogP contribution is 2.05. The minimum atomic E-state index is -0.366. The second-order valence-corrected chi connectivity index (χ2v) is 14.8. The molecule has 7 rings (SSSR count). The Morgan fingerprint density at radius 3 is 0.667 bits per heavy atom. The summed E-state index contributed by atoms with van der Waals surface area (Å²) in [6.07, 6.45) is 5.61. The van der Waals surface area contributed by atoms with E-state index in [9.17, 15) is 8.78 Å².